The maximum atomic E-state index is 6.34. The van der Waals surface area contributed by atoms with Gasteiger partial charge in [-0.15, -0.1) is 0 Å². The normalized spacial score (nSPS) is 28.0. The highest BCUT2D eigenvalue weighted by Gasteiger charge is 2.45. The molecule has 2 aliphatic carbocycles. The lowest BCUT2D eigenvalue weighted by Crippen LogP contribution is -2.41. The van der Waals surface area contributed by atoms with E-state index >= 15 is 0 Å². The first-order valence-electron chi connectivity index (χ1n) is 7.06. The van der Waals surface area contributed by atoms with Crippen LogP contribution in [-0.4, -0.2) is 6.04 Å². The van der Waals surface area contributed by atoms with E-state index in [4.69, 9.17) is 5.73 Å². The van der Waals surface area contributed by atoms with Gasteiger partial charge in [0.05, 0.1) is 0 Å². The third-order valence-electron chi connectivity index (χ3n) is 5.07. The highest BCUT2D eigenvalue weighted by molar-refractivity contribution is 5.36. The Bertz CT molecular complexity index is 402. The lowest BCUT2D eigenvalue weighted by atomic mass is 9.61. The van der Waals surface area contributed by atoms with E-state index in [2.05, 4.69) is 31.2 Å². The molecule has 0 bridgehead atoms. The van der Waals surface area contributed by atoms with Gasteiger partial charge in [0.1, 0.15) is 0 Å². The van der Waals surface area contributed by atoms with Crippen molar-refractivity contribution in [3.8, 4) is 0 Å². The second-order valence-electron chi connectivity index (χ2n) is 6.11. The lowest BCUT2D eigenvalue weighted by molar-refractivity contribution is 0.175. The molecule has 2 N–H and O–H groups in total. The zero-order valence-corrected chi connectivity index (χ0v) is 10.8. The molecule has 0 aromatic heterocycles. The van der Waals surface area contributed by atoms with Crippen LogP contribution in [0.3, 0.4) is 0 Å². The molecular formula is C16H23N. The van der Waals surface area contributed by atoms with Crippen LogP contribution >= 0.6 is 0 Å². The summed E-state index contributed by atoms with van der Waals surface area (Å²) in [6, 6.07) is 9.26. The van der Waals surface area contributed by atoms with Gasteiger partial charge >= 0.3 is 0 Å². The molecule has 3 rings (SSSR count). The third-order valence-corrected chi connectivity index (χ3v) is 5.07. The van der Waals surface area contributed by atoms with E-state index in [0.29, 0.717) is 11.3 Å². The molecule has 1 nitrogen and oxygen atoms in total. The van der Waals surface area contributed by atoms with Gasteiger partial charge in [-0.05, 0) is 49.1 Å². The van der Waals surface area contributed by atoms with E-state index in [0.717, 1.165) is 0 Å². The number of hydrogen-bond donors (Lipinski definition) is 1. The van der Waals surface area contributed by atoms with E-state index in [1.165, 1.54) is 38.5 Å². The average Bonchev–Trinajstić information content (AvgIpc) is 2.77. The highest BCUT2D eigenvalue weighted by atomic mass is 14.7. The number of aryl methyl sites for hydroxylation is 1. The van der Waals surface area contributed by atoms with Gasteiger partial charge in [0.25, 0.3) is 0 Å². The molecule has 1 fully saturated rings. The first kappa shape index (κ1) is 11.3. The Balaban J connectivity index is 2.06. The van der Waals surface area contributed by atoms with Crippen molar-refractivity contribution in [2.24, 2.45) is 11.1 Å². The summed E-state index contributed by atoms with van der Waals surface area (Å²) in [5, 5.41) is 0. The van der Waals surface area contributed by atoms with Crippen molar-refractivity contribution in [3.63, 3.8) is 0 Å². The van der Waals surface area contributed by atoms with E-state index < -0.39 is 0 Å². The Labute approximate surface area is 104 Å². The van der Waals surface area contributed by atoms with Gasteiger partial charge in [-0.2, -0.15) is 0 Å². The summed E-state index contributed by atoms with van der Waals surface area (Å²) in [7, 11) is 0. The second kappa shape index (κ2) is 4.13. The molecule has 1 aromatic rings. The van der Waals surface area contributed by atoms with Crippen LogP contribution in [0.2, 0.25) is 0 Å². The molecule has 1 saturated carbocycles. The fourth-order valence-electron chi connectivity index (χ4n) is 4.42. The SMILES string of the molecule is CC(N)C1c2ccccc2CCC12CCCC2. The monoisotopic (exact) mass is 229 g/mol. The second-order valence-corrected chi connectivity index (χ2v) is 6.11. The molecule has 1 spiro atoms. The van der Waals surface area contributed by atoms with Crippen LogP contribution in [-0.2, 0) is 6.42 Å². The first-order chi connectivity index (χ1) is 8.23. The minimum atomic E-state index is 0.287. The zero-order valence-electron chi connectivity index (χ0n) is 10.8. The quantitative estimate of drug-likeness (QED) is 0.782. The van der Waals surface area contributed by atoms with E-state index in [1.807, 2.05) is 0 Å². The predicted molar refractivity (Wildman–Crippen MR) is 72.1 cm³/mol. The van der Waals surface area contributed by atoms with Crippen molar-refractivity contribution in [3.05, 3.63) is 35.4 Å². The van der Waals surface area contributed by atoms with E-state index in [9.17, 15) is 0 Å². The molecule has 0 saturated heterocycles. The zero-order chi connectivity index (χ0) is 11.9. The average molecular weight is 229 g/mol. The van der Waals surface area contributed by atoms with Crippen molar-refractivity contribution in [1.29, 1.82) is 0 Å². The molecule has 2 aliphatic rings. The summed E-state index contributed by atoms with van der Waals surface area (Å²) in [4.78, 5) is 0. The van der Waals surface area contributed by atoms with Crippen LogP contribution < -0.4 is 5.73 Å². The molecule has 0 radical (unpaired) electrons. The minimum absolute atomic E-state index is 0.287. The summed E-state index contributed by atoms with van der Waals surface area (Å²) in [5.41, 5.74) is 9.97. The number of hydrogen-bond acceptors (Lipinski definition) is 1. The minimum Gasteiger partial charge on any atom is -0.327 e. The fraction of sp³-hybridized carbons (Fsp3) is 0.625. The van der Waals surface area contributed by atoms with Crippen molar-refractivity contribution in [2.45, 2.75) is 57.4 Å². The summed E-state index contributed by atoms with van der Waals surface area (Å²) in [6.07, 6.45) is 8.23. The smallest absolute Gasteiger partial charge is 0.00847 e. The predicted octanol–water partition coefficient (Wildman–Crippen LogP) is 3.62. The van der Waals surface area contributed by atoms with Gasteiger partial charge < -0.3 is 5.73 Å². The molecule has 17 heavy (non-hydrogen) atoms. The molecule has 0 amide bonds. The molecule has 92 valence electrons. The molecule has 0 heterocycles. The summed E-state index contributed by atoms with van der Waals surface area (Å²) < 4.78 is 0. The van der Waals surface area contributed by atoms with Crippen molar-refractivity contribution in [1.82, 2.24) is 0 Å². The Hall–Kier alpha value is -0.820. The van der Waals surface area contributed by atoms with Gasteiger partial charge in [0.15, 0.2) is 0 Å². The van der Waals surface area contributed by atoms with Crippen LogP contribution in [0.5, 0.6) is 0 Å². The number of benzene rings is 1. The molecule has 0 aliphatic heterocycles. The molecule has 1 aromatic carbocycles. The van der Waals surface area contributed by atoms with Gasteiger partial charge in [-0.25, -0.2) is 0 Å². The summed E-state index contributed by atoms with van der Waals surface area (Å²) >= 11 is 0. The largest absolute Gasteiger partial charge is 0.327 e. The summed E-state index contributed by atoms with van der Waals surface area (Å²) in [6.45, 7) is 2.20. The number of fused-ring (bicyclic) bond motifs is 1. The maximum Gasteiger partial charge on any atom is 0.00847 e. The van der Waals surface area contributed by atoms with Crippen LogP contribution in [0.15, 0.2) is 24.3 Å². The van der Waals surface area contributed by atoms with Crippen molar-refractivity contribution >= 4 is 0 Å². The fourth-order valence-corrected chi connectivity index (χ4v) is 4.42. The maximum absolute atomic E-state index is 6.34. The van der Waals surface area contributed by atoms with Crippen LogP contribution in [0.25, 0.3) is 0 Å². The van der Waals surface area contributed by atoms with Crippen molar-refractivity contribution < 1.29 is 0 Å². The van der Waals surface area contributed by atoms with Crippen LogP contribution in [0.4, 0.5) is 0 Å². The van der Waals surface area contributed by atoms with E-state index in [-0.39, 0.29) is 6.04 Å². The number of nitrogens with two attached hydrogens (primary N) is 1. The van der Waals surface area contributed by atoms with E-state index in [1.54, 1.807) is 11.1 Å². The Morgan fingerprint density at radius 2 is 1.88 bits per heavy atom. The van der Waals surface area contributed by atoms with Crippen molar-refractivity contribution in [2.75, 3.05) is 0 Å². The van der Waals surface area contributed by atoms with Gasteiger partial charge in [-0.1, -0.05) is 37.1 Å². The lowest BCUT2D eigenvalue weighted by Gasteiger charge is -2.45. The molecule has 2 unspecified atom stereocenters. The Morgan fingerprint density at radius 3 is 2.59 bits per heavy atom. The van der Waals surface area contributed by atoms with Gasteiger partial charge in [0, 0.05) is 12.0 Å². The Kier molecular flexibility index (Phi) is 2.74. The topological polar surface area (TPSA) is 26.0 Å². The highest BCUT2D eigenvalue weighted by Crippen LogP contribution is 2.56. The third kappa shape index (κ3) is 1.72. The standard InChI is InChI=1S/C16H23N/c1-12(17)15-14-7-3-2-6-13(14)8-11-16(15)9-4-5-10-16/h2-3,6-7,12,15H,4-5,8-11,17H2,1H3. The molecule has 2 atom stereocenters. The van der Waals surface area contributed by atoms with Gasteiger partial charge in [-0.3, -0.25) is 0 Å². The van der Waals surface area contributed by atoms with Crippen LogP contribution in [0, 0.1) is 5.41 Å². The summed E-state index contributed by atoms with van der Waals surface area (Å²) in [5.74, 6) is 0.593. The van der Waals surface area contributed by atoms with Gasteiger partial charge in [0.2, 0.25) is 0 Å². The molecule has 1 heteroatoms. The number of rotatable bonds is 1. The Morgan fingerprint density at radius 1 is 1.18 bits per heavy atom. The first-order valence-corrected chi connectivity index (χ1v) is 7.06. The van der Waals surface area contributed by atoms with Crippen LogP contribution in [0.1, 0.15) is 56.1 Å². The molecular weight excluding hydrogens is 206 g/mol.